The zero-order chi connectivity index (χ0) is 18.8. The van der Waals surface area contributed by atoms with E-state index in [1.54, 1.807) is 31.2 Å². The summed E-state index contributed by atoms with van der Waals surface area (Å²) >= 11 is 13.2. The monoisotopic (exact) mass is 410 g/mol. The third-order valence-electron chi connectivity index (χ3n) is 3.92. The molecule has 3 rings (SSSR count). The maximum absolute atomic E-state index is 12.3. The van der Waals surface area contributed by atoms with Gasteiger partial charge in [-0.05, 0) is 36.8 Å². The number of benzene rings is 2. The van der Waals surface area contributed by atoms with Gasteiger partial charge in [-0.25, -0.2) is 4.98 Å². The van der Waals surface area contributed by atoms with Crippen molar-refractivity contribution in [1.29, 1.82) is 0 Å². The highest BCUT2D eigenvalue weighted by Crippen LogP contribution is 2.29. The molecule has 0 saturated heterocycles. The van der Waals surface area contributed by atoms with E-state index in [0.29, 0.717) is 21.1 Å². The largest absolute Gasteiger partial charge is 0.383 e. The van der Waals surface area contributed by atoms with Crippen molar-refractivity contribution in [2.24, 2.45) is 0 Å². The molecule has 3 unspecified atom stereocenters. The molecule has 0 saturated carbocycles. The van der Waals surface area contributed by atoms with Gasteiger partial charge in [0, 0.05) is 10.0 Å². The molecule has 26 heavy (non-hydrogen) atoms. The third kappa shape index (κ3) is 4.00. The molecular formula is C18H16Cl2N2O3S. The highest BCUT2D eigenvalue weighted by Gasteiger charge is 2.29. The molecule has 0 aliphatic rings. The van der Waals surface area contributed by atoms with E-state index in [0.717, 1.165) is 4.70 Å². The van der Waals surface area contributed by atoms with Crippen LogP contribution in [-0.4, -0.2) is 27.2 Å². The summed E-state index contributed by atoms with van der Waals surface area (Å²) in [7, 11) is 0. The summed E-state index contributed by atoms with van der Waals surface area (Å²) in [6, 6.07) is 11.8. The number of nitrogens with zero attached hydrogens (tertiary/aromatic N) is 1. The molecule has 0 fully saturated rings. The first-order valence-corrected chi connectivity index (χ1v) is 9.41. The second-order valence-electron chi connectivity index (χ2n) is 5.81. The fourth-order valence-corrected chi connectivity index (χ4v) is 4.08. The lowest BCUT2D eigenvalue weighted by Crippen LogP contribution is -2.39. The Bertz CT molecular complexity index is 914. The summed E-state index contributed by atoms with van der Waals surface area (Å²) in [4.78, 5) is 16.6. The van der Waals surface area contributed by atoms with Gasteiger partial charge in [-0.2, -0.15) is 0 Å². The SMILES string of the molecule is CC(NC(=O)C(O)C(O)c1nc2ccccc2s1)c1ccc(Cl)cc1Cl. The van der Waals surface area contributed by atoms with Gasteiger partial charge in [0.05, 0.1) is 16.3 Å². The van der Waals surface area contributed by atoms with Crippen LogP contribution in [0.4, 0.5) is 0 Å². The smallest absolute Gasteiger partial charge is 0.252 e. The molecule has 3 N–H and O–H groups in total. The Morgan fingerprint density at radius 3 is 2.62 bits per heavy atom. The summed E-state index contributed by atoms with van der Waals surface area (Å²) in [6.07, 6.45) is -3.07. The standard InChI is InChI=1S/C18H16Cl2N2O3S/c1-9(11-7-6-10(19)8-12(11)20)21-17(25)15(23)16(24)18-22-13-4-2-3-5-14(13)26-18/h2-9,15-16,23-24H,1H3,(H,21,25). The molecule has 2 aromatic carbocycles. The Balaban J connectivity index is 1.72. The molecule has 1 aromatic heterocycles. The summed E-state index contributed by atoms with van der Waals surface area (Å²) < 4.78 is 0.871. The van der Waals surface area contributed by atoms with E-state index in [-0.39, 0.29) is 5.01 Å². The molecule has 1 amide bonds. The molecule has 136 valence electrons. The summed E-state index contributed by atoms with van der Waals surface area (Å²) in [6.45, 7) is 1.73. The maximum atomic E-state index is 12.3. The Hall–Kier alpha value is -1.70. The van der Waals surface area contributed by atoms with Crippen LogP contribution in [0.25, 0.3) is 10.2 Å². The number of nitrogens with one attached hydrogen (secondary N) is 1. The first-order valence-electron chi connectivity index (χ1n) is 7.83. The van der Waals surface area contributed by atoms with Crippen LogP contribution in [0.5, 0.6) is 0 Å². The van der Waals surface area contributed by atoms with Gasteiger partial charge in [-0.3, -0.25) is 4.79 Å². The van der Waals surface area contributed by atoms with E-state index in [2.05, 4.69) is 10.3 Å². The normalized spacial score (nSPS) is 14.8. The lowest BCUT2D eigenvalue weighted by atomic mass is 10.1. The van der Waals surface area contributed by atoms with Crippen LogP contribution >= 0.6 is 34.5 Å². The predicted molar refractivity (Wildman–Crippen MR) is 104 cm³/mol. The van der Waals surface area contributed by atoms with Gasteiger partial charge in [0.1, 0.15) is 11.1 Å². The number of hydrogen-bond donors (Lipinski definition) is 3. The Kier molecular flexibility index (Phi) is 5.79. The van der Waals surface area contributed by atoms with Gasteiger partial charge < -0.3 is 15.5 Å². The van der Waals surface area contributed by atoms with Crippen molar-refractivity contribution < 1.29 is 15.0 Å². The van der Waals surface area contributed by atoms with E-state index in [1.165, 1.54) is 11.3 Å². The summed E-state index contributed by atoms with van der Waals surface area (Å²) in [5, 5.41) is 24.4. The second-order valence-corrected chi connectivity index (χ2v) is 7.71. The minimum atomic E-state index is -1.65. The topological polar surface area (TPSA) is 82.5 Å². The summed E-state index contributed by atoms with van der Waals surface area (Å²) in [5.41, 5.74) is 1.37. The van der Waals surface area contributed by atoms with Crippen molar-refractivity contribution >= 4 is 50.7 Å². The zero-order valence-corrected chi connectivity index (χ0v) is 16.0. The number of para-hydroxylation sites is 1. The van der Waals surface area contributed by atoms with Crippen molar-refractivity contribution in [2.45, 2.75) is 25.2 Å². The van der Waals surface area contributed by atoms with Crippen LogP contribution in [0.1, 0.15) is 29.6 Å². The molecule has 1 heterocycles. The van der Waals surface area contributed by atoms with E-state index in [4.69, 9.17) is 23.2 Å². The highest BCUT2D eigenvalue weighted by atomic mass is 35.5. The molecule has 8 heteroatoms. The maximum Gasteiger partial charge on any atom is 0.252 e. The average molecular weight is 411 g/mol. The third-order valence-corrected chi connectivity index (χ3v) is 5.59. The molecular weight excluding hydrogens is 395 g/mol. The van der Waals surface area contributed by atoms with E-state index >= 15 is 0 Å². The van der Waals surface area contributed by atoms with Crippen LogP contribution in [0.15, 0.2) is 42.5 Å². The minimum absolute atomic E-state index is 0.283. The summed E-state index contributed by atoms with van der Waals surface area (Å²) in [5.74, 6) is -0.713. The fourth-order valence-electron chi connectivity index (χ4n) is 2.52. The molecule has 0 aliphatic carbocycles. The highest BCUT2D eigenvalue weighted by molar-refractivity contribution is 7.18. The molecule has 0 radical (unpaired) electrons. The molecule has 3 atom stereocenters. The van der Waals surface area contributed by atoms with Crippen LogP contribution in [0.2, 0.25) is 10.0 Å². The van der Waals surface area contributed by atoms with Gasteiger partial charge in [-0.1, -0.05) is 41.4 Å². The predicted octanol–water partition coefficient (Wildman–Crippen LogP) is 3.87. The van der Waals surface area contributed by atoms with Crippen LogP contribution in [0, 0.1) is 0 Å². The molecule has 0 spiro atoms. The van der Waals surface area contributed by atoms with Crippen molar-refractivity contribution in [3.8, 4) is 0 Å². The van der Waals surface area contributed by atoms with Gasteiger partial charge in [0.25, 0.3) is 5.91 Å². The first-order chi connectivity index (χ1) is 12.4. The van der Waals surface area contributed by atoms with Gasteiger partial charge >= 0.3 is 0 Å². The van der Waals surface area contributed by atoms with Gasteiger partial charge in [-0.15, -0.1) is 11.3 Å². The average Bonchev–Trinajstić information content (AvgIpc) is 3.04. The zero-order valence-electron chi connectivity index (χ0n) is 13.7. The molecule has 5 nitrogen and oxygen atoms in total. The van der Waals surface area contributed by atoms with E-state index < -0.39 is 24.2 Å². The lowest BCUT2D eigenvalue weighted by Gasteiger charge is -2.20. The van der Waals surface area contributed by atoms with Crippen LogP contribution in [0.3, 0.4) is 0 Å². The first kappa shape index (κ1) is 19.1. The van der Waals surface area contributed by atoms with Crippen molar-refractivity contribution in [3.05, 3.63) is 63.1 Å². The van der Waals surface area contributed by atoms with Gasteiger partial charge in [0.2, 0.25) is 0 Å². The van der Waals surface area contributed by atoms with Crippen molar-refractivity contribution in [3.63, 3.8) is 0 Å². The van der Waals surface area contributed by atoms with Crippen LogP contribution in [-0.2, 0) is 4.79 Å². The number of thiazole rings is 1. The van der Waals surface area contributed by atoms with Crippen LogP contribution < -0.4 is 5.32 Å². The number of carbonyl (C=O) groups excluding carboxylic acids is 1. The lowest BCUT2D eigenvalue weighted by molar-refractivity contribution is -0.136. The van der Waals surface area contributed by atoms with Crippen molar-refractivity contribution in [2.75, 3.05) is 0 Å². The fraction of sp³-hybridized carbons (Fsp3) is 0.222. The number of rotatable bonds is 5. The van der Waals surface area contributed by atoms with Gasteiger partial charge in [0.15, 0.2) is 6.10 Å². The number of aliphatic hydroxyl groups excluding tert-OH is 2. The number of aliphatic hydroxyl groups is 2. The quantitative estimate of drug-likeness (QED) is 0.595. The molecule has 0 aliphatic heterocycles. The number of halogens is 2. The Labute approximate surface area is 164 Å². The molecule has 3 aromatic rings. The number of amides is 1. The Morgan fingerprint density at radius 2 is 1.92 bits per heavy atom. The number of fused-ring (bicyclic) bond motifs is 1. The number of aromatic nitrogens is 1. The van der Waals surface area contributed by atoms with Crippen molar-refractivity contribution in [1.82, 2.24) is 10.3 Å². The number of carbonyl (C=O) groups is 1. The van der Waals surface area contributed by atoms with E-state index in [1.807, 2.05) is 18.2 Å². The number of hydrogen-bond acceptors (Lipinski definition) is 5. The molecule has 0 bridgehead atoms. The van der Waals surface area contributed by atoms with E-state index in [9.17, 15) is 15.0 Å². The minimum Gasteiger partial charge on any atom is -0.383 e. The Morgan fingerprint density at radius 1 is 1.19 bits per heavy atom. The second kappa shape index (κ2) is 7.90.